The van der Waals surface area contributed by atoms with E-state index in [9.17, 15) is 0 Å². The molecule has 2 nitrogen and oxygen atoms in total. The summed E-state index contributed by atoms with van der Waals surface area (Å²) in [4.78, 5) is 0. The minimum Gasteiger partial charge on any atom is -0.399 e. The van der Waals surface area contributed by atoms with Crippen molar-refractivity contribution in [3.05, 3.63) is 145 Å². The van der Waals surface area contributed by atoms with Crippen molar-refractivity contribution in [3.8, 4) is 55.6 Å². The van der Waals surface area contributed by atoms with Gasteiger partial charge in [0.25, 0.3) is 0 Å². The molecule has 0 fully saturated rings. The van der Waals surface area contributed by atoms with Gasteiger partial charge in [-0.3, -0.25) is 0 Å². The van der Waals surface area contributed by atoms with Gasteiger partial charge in [-0.25, -0.2) is 0 Å². The second-order valence-corrected chi connectivity index (χ2v) is 10.4. The molecule has 0 heterocycles. The van der Waals surface area contributed by atoms with Crippen LogP contribution < -0.4 is 11.5 Å². The van der Waals surface area contributed by atoms with Gasteiger partial charge in [0.05, 0.1) is 0 Å². The van der Waals surface area contributed by atoms with Crippen LogP contribution in [0.5, 0.6) is 0 Å². The molecule has 6 aromatic rings. The first kappa shape index (κ1) is 25.2. The van der Waals surface area contributed by atoms with E-state index in [4.69, 9.17) is 11.5 Å². The predicted octanol–water partition coefficient (Wildman–Crippen LogP) is 9.80. The van der Waals surface area contributed by atoms with Crippen LogP contribution in [0.2, 0.25) is 0 Å². The van der Waals surface area contributed by atoms with Crippen LogP contribution in [0.4, 0.5) is 11.4 Å². The van der Waals surface area contributed by atoms with Crippen molar-refractivity contribution < 1.29 is 0 Å². The molecule has 0 aliphatic heterocycles. The minimum atomic E-state index is 0.745. The number of nitrogens with two attached hydrogens (primary N) is 2. The summed E-state index contributed by atoms with van der Waals surface area (Å²) in [5.41, 5.74) is 28.0. The Morgan fingerprint density at radius 3 is 1.32 bits per heavy atom. The Morgan fingerprint density at radius 2 is 0.750 bits per heavy atom. The first-order valence-electron chi connectivity index (χ1n) is 13.6. The van der Waals surface area contributed by atoms with Gasteiger partial charge in [-0.05, 0) is 117 Å². The molecule has 0 aromatic heterocycles. The highest BCUT2D eigenvalue weighted by molar-refractivity contribution is 5.87. The molecule has 0 amide bonds. The summed E-state index contributed by atoms with van der Waals surface area (Å²) in [6.07, 6.45) is 0. The number of nitrogen functional groups attached to an aromatic ring is 2. The molecule has 4 N–H and O–H groups in total. The van der Waals surface area contributed by atoms with Crippen molar-refractivity contribution in [3.63, 3.8) is 0 Å². The van der Waals surface area contributed by atoms with Crippen molar-refractivity contribution in [2.75, 3.05) is 11.5 Å². The molecular formula is C38H32N2. The lowest BCUT2D eigenvalue weighted by molar-refractivity contribution is 1.43. The fraction of sp³-hybridized carbons (Fsp3) is 0.0526. The minimum absolute atomic E-state index is 0.745. The van der Waals surface area contributed by atoms with E-state index < -0.39 is 0 Å². The van der Waals surface area contributed by atoms with Crippen molar-refractivity contribution in [1.82, 2.24) is 0 Å². The zero-order valence-corrected chi connectivity index (χ0v) is 22.9. The molecule has 0 radical (unpaired) electrons. The summed E-state index contributed by atoms with van der Waals surface area (Å²) in [6, 6.07) is 47.0. The lowest BCUT2D eigenvalue weighted by Gasteiger charge is -2.14. The number of hydrogen-bond donors (Lipinski definition) is 2. The normalized spacial score (nSPS) is 10.9. The zero-order valence-electron chi connectivity index (χ0n) is 22.9. The Labute approximate surface area is 236 Å². The largest absolute Gasteiger partial charge is 0.399 e. The standard InChI is InChI=1S/C38H32N2/c1-25-8-10-31(22-36(25)27-6-4-3-5-7-27)32-11-9-26(2)37(23-32)29-12-14-30(15-13-29)38-24-34(40)20-21-35(38)28-16-18-33(39)19-17-28/h3-24H,39-40H2,1-2H3. The van der Waals surface area contributed by atoms with Gasteiger partial charge in [0.15, 0.2) is 0 Å². The Morgan fingerprint density at radius 1 is 0.325 bits per heavy atom. The average Bonchev–Trinajstić information content (AvgIpc) is 2.99. The lowest BCUT2D eigenvalue weighted by Crippen LogP contribution is -1.91. The number of aryl methyl sites for hydroxylation is 2. The van der Waals surface area contributed by atoms with Crippen LogP contribution in [0, 0.1) is 13.8 Å². The second-order valence-electron chi connectivity index (χ2n) is 10.4. The summed E-state index contributed by atoms with van der Waals surface area (Å²) in [6.45, 7) is 4.35. The van der Waals surface area contributed by atoms with E-state index >= 15 is 0 Å². The second kappa shape index (κ2) is 10.6. The van der Waals surface area contributed by atoms with E-state index in [-0.39, 0.29) is 0 Å². The van der Waals surface area contributed by atoms with Crippen molar-refractivity contribution in [2.45, 2.75) is 13.8 Å². The maximum Gasteiger partial charge on any atom is 0.0320 e. The third-order valence-electron chi connectivity index (χ3n) is 7.67. The Bertz CT molecular complexity index is 1800. The van der Waals surface area contributed by atoms with Gasteiger partial charge in [0.1, 0.15) is 0 Å². The lowest BCUT2D eigenvalue weighted by atomic mass is 9.90. The molecule has 40 heavy (non-hydrogen) atoms. The maximum atomic E-state index is 6.22. The van der Waals surface area contributed by atoms with Crippen LogP contribution in [0.25, 0.3) is 55.6 Å². The van der Waals surface area contributed by atoms with Gasteiger partial charge >= 0.3 is 0 Å². The molecule has 0 atom stereocenters. The smallest absolute Gasteiger partial charge is 0.0320 e. The monoisotopic (exact) mass is 516 g/mol. The number of rotatable bonds is 5. The van der Waals surface area contributed by atoms with E-state index in [1.54, 1.807) is 0 Å². The van der Waals surface area contributed by atoms with Crippen LogP contribution in [0.1, 0.15) is 11.1 Å². The number of benzene rings is 6. The molecule has 6 rings (SSSR count). The van der Waals surface area contributed by atoms with Crippen LogP contribution in [0.3, 0.4) is 0 Å². The highest BCUT2D eigenvalue weighted by Crippen LogP contribution is 2.37. The molecule has 0 unspecified atom stereocenters. The average molecular weight is 517 g/mol. The summed E-state index contributed by atoms with van der Waals surface area (Å²) in [5.74, 6) is 0. The van der Waals surface area contributed by atoms with Crippen LogP contribution in [-0.2, 0) is 0 Å². The third-order valence-corrected chi connectivity index (χ3v) is 7.67. The number of anilines is 2. The molecule has 0 aliphatic rings. The van der Waals surface area contributed by atoms with Crippen molar-refractivity contribution in [1.29, 1.82) is 0 Å². The van der Waals surface area contributed by atoms with Gasteiger partial charge < -0.3 is 11.5 Å². The topological polar surface area (TPSA) is 52.0 Å². The van der Waals surface area contributed by atoms with Gasteiger partial charge in [0.2, 0.25) is 0 Å². The van der Waals surface area contributed by atoms with Crippen LogP contribution >= 0.6 is 0 Å². The molecular weight excluding hydrogens is 484 g/mol. The van der Waals surface area contributed by atoms with Gasteiger partial charge in [0, 0.05) is 11.4 Å². The van der Waals surface area contributed by atoms with E-state index in [1.165, 1.54) is 44.5 Å². The summed E-state index contributed by atoms with van der Waals surface area (Å²) >= 11 is 0. The maximum absolute atomic E-state index is 6.22. The fourth-order valence-corrected chi connectivity index (χ4v) is 5.39. The van der Waals surface area contributed by atoms with E-state index in [2.05, 4.69) is 123 Å². The summed E-state index contributed by atoms with van der Waals surface area (Å²) in [7, 11) is 0. The van der Waals surface area contributed by atoms with Gasteiger partial charge in [-0.1, -0.05) is 97.1 Å². The van der Waals surface area contributed by atoms with E-state index in [0.29, 0.717) is 0 Å². The fourth-order valence-electron chi connectivity index (χ4n) is 5.39. The first-order chi connectivity index (χ1) is 19.5. The molecule has 0 bridgehead atoms. The predicted molar refractivity (Wildman–Crippen MR) is 172 cm³/mol. The van der Waals surface area contributed by atoms with E-state index in [0.717, 1.165) is 33.6 Å². The highest BCUT2D eigenvalue weighted by atomic mass is 14.5. The zero-order chi connectivity index (χ0) is 27.6. The van der Waals surface area contributed by atoms with Crippen molar-refractivity contribution in [2.24, 2.45) is 0 Å². The summed E-state index contributed by atoms with van der Waals surface area (Å²) < 4.78 is 0. The molecule has 6 aromatic carbocycles. The molecule has 0 spiro atoms. The Kier molecular flexibility index (Phi) is 6.67. The Hall–Kier alpha value is -5.08. The van der Waals surface area contributed by atoms with Crippen LogP contribution in [0.15, 0.2) is 133 Å². The quantitative estimate of drug-likeness (QED) is 0.224. The summed E-state index contributed by atoms with van der Waals surface area (Å²) in [5, 5.41) is 0. The molecule has 194 valence electrons. The van der Waals surface area contributed by atoms with E-state index in [1.807, 2.05) is 24.3 Å². The molecule has 0 aliphatic carbocycles. The molecule has 0 saturated carbocycles. The third kappa shape index (κ3) is 5.00. The van der Waals surface area contributed by atoms with Gasteiger partial charge in [-0.15, -0.1) is 0 Å². The first-order valence-corrected chi connectivity index (χ1v) is 13.6. The van der Waals surface area contributed by atoms with Crippen molar-refractivity contribution >= 4 is 11.4 Å². The SMILES string of the molecule is Cc1ccc(-c2ccc(C)c(-c3ccc(-c4cc(N)ccc4-c4ccc(N)cc4)cc3)c2)cc1-c1ccccc1. The molecule has 0 saturated heterocycles. The highest BCUT2D eigenvalue weighted by Gasteiger charge is 2.11. The molecule has 2 heteroatoms. The van der Waals surface area contributed by atoms with Crippen LogP contribution in [-0.4, -0.2) is 0 Å². The Balaban J connectivity index is 1.36. The number of hydrogen-bond acceptors (Lipinski definition) is 2. The van der Waals surface area contributed by atoms with Gasteiger partial charge in [-0.2, -0.15) is 0 Å².